The van der Waals surface area contributed by atoms with Crippen molar-refractivity contribution in [3.05, 3.63) is 147 Å². The summed E-state index contributed by atoms with van der Waals surface area (Å²) in [7, 11) is 0. The van der Waals surface area contributed by atoms with Gasteiger partial charge >= 0.3 is 0 Å². The Balaban J connectivity index is 1.32. The summed E-state index contributed by atoms with van der Waals surface area (Å²) in [6.45, 7) is 30.3. The van der Waals surface area contributed by atoms with Gasteiger partial charge in [-0.2, -0.15) is 0 Å². The molecule has 0 amide bonds. The number of benzene rings is 6. The van der Waals surface area contributed by atoms with Crippen LogP contribution in [-0.2, 0) is 16.2 Å². The Morgan fingerprint density at radius 1 is 0.475 bits per heavy atom. The van der Waals surface area contributed by atoms with Crippen LogP contribution >= 0.6 is 22.7 Å². The van der Waals surface area contributed by atoms with Gasteiger partial charge in [0.2, 0.25) is 0 Å². The van der Waals surface area contributed by atoms with Gasteiger partial charge in [-0.05, 0) is 141 Å². The van der Waals surface area contributed by atoms with Crippen molar-refractivity contribution in [3.8, 4) is 11.1 Å². The number of fused-ring (bicyclic) bond motifs is 7. The molecule has 6 aromatic carbocycles. The van der Waals surface area contributed by atoms with Crippen molar-refractivity contribution >= 4 is 99.4 Å². The molecule has 5 heteroatoms. The maximum atomic E-state index is 2.67. The lowest BCUT2D eigenvalue weighted by atomic mass is 9.36. The number of thiophene rings is 2. The highest BCUT2D eigenvalue weighted by Gasteiger charge is 2.46. The van der Waals surface area contributed by atoms with Crippen LogP contribution in [0.5, 0.6) is 0 Å². The van der Waals surface area contributed by atoms with E-state index in [0.29, 0.717) is 0 Å². The largest absolute Gasteiger partial charge is 0.311 e. The van der Waals surface area contributed by atoms with Gasteiger partial charge in [0.1, 0.15) is 0 Å². The summed E-state index contributed by atoms with van der Waals surface area (Å²) in [4.78, 5) is 5.31. The number of hydrogen-bond acceptors (Lipinski definition) is 4. The van der Waals surface area contributed by atoms with Crippen molar-refractivity contribution in [2.45, 2.75) is 106 Å². The van der Waals surface area contributed by atoms with Crippen LogP contribution in [0.4, 0.5) is 34.1 Å². The van der Waals surface area contributed by atoms with Crippen molar-refractivity contribution in [3.63, 3.8) is 0 Å². The SMILES string of the molecule is Cc1cc(C(C)(C)C)cc(C)c1N1c2cc(-c3csc4ccccc34)ccc2B2c3sc4ccc(C(C)(C)C)cc4c3N(c3c(C)cc(C(C)(C)C)cc3C)c3cccc1c32. The van der Waals surface area contributed by atoms with Crippen LogP contribution in [0.1, 0.15) is 101 Å². The zero-order valence-corrected chi connectivity index (χ0v) is 39.8. The number of aryl methyl sites for hydroxylation is 4. The maximum absolute atomic E-state index is 2.67. The highest BCUT2D eigenvalue weighted by atomic mass is 32.1. The smallest absolute Gasteiger partial charge is 0.264 e. The van der Waals surface area contributed by atoms with E-state index in [-0.39, 0.29) is 23.0 Å². The predicted octanol–water partition coefficient (Wildman–Crippen LogP) is 15.0. The second-order valence-corrected chi connectivity index (χ2v) is 22.9. The lowest BCUT2D eigenvalue weighted by Crippen LogP contribution is -2.60. The first-order chi connectivity index (χ1) is 28.8. The van der Waals surface area contributed by atoms with Gasteiger partial charge < -0.3 is 9.80 Å². The summed E-state index contributed by atoms with van der Waals surface area (Å²) in [6.07, 6.45) is 0. The van der Waals surface area contributed by atoms with Crippen LogP contribution in [0.3, 0.4) is 0 Å². The minimum Gasteiger partial charge on any atom is -0.311 e. The van der Waals surface area contributed by atoms with Crippen LogP contribution < -0.4 is 25.5 Å². The van der Waals surface area contributed by atoms with Gasteiger partial charge in [0.25, 0.3) is 6.71 Å². The van der Waals surface area contributed by atoms with Gasteiger partial charge in [-0.3, -0.25) is 0 Å². The third-order valence-electron chi connectivity index (χ3n) is 13.4. The van der Waals surface area contributed by atoms with Gasteiger partial charge in [0.05, 0.1) is 17.1 Å². The van der Waals surface area contributed by atoms with E-state index in [9.17, 15) is 0 Å². The van der Waals surface area contributed by atoms with E-state index in [2.05, 4.69) is 208 Å². The molecule has 2 aliphatic rings. The Morgan fingerprint density at radius 2 is 1.05 bits per heavy atom. The number of rotatable bonds is 3. The van der Waals surface area contributed by atoms with Crippen molar-refractivity contribution in [1.29, 1.82) is 0 Å². The minimum atomic E-state index is 0.0200. The molecule has 0 bridgehead atoms. The van der Waals surface area contributed by atoms with Crippen LogP contribution in [0.2, 0.25) is 0 Å². The van der Waals surface area contributed by atoms with E-state index in [0.717, 1.165) is 0 Å². The Labute approximate surface area is 372 Å². The van der Waals surface area contributed by atoms with Crippen LogP contribution in [0.25, 0.3) is 31.3 Å². The first-order valence-electron chi connectivity index (χ1n) is 22.0. The van der Waals surface area contributed by atoms with Crippen LogP contribution in [-0.4, -0.2) is 6.71 Å². The summed E-state index contributed by atoms with van der Waals surface area (Å²) in [6, 6.07) is 40.4. The summed E-state index contributed by atoms with van der Waals surface area (Å²) >= 11 is 3.83. The van der Waals surface area contributed by atoms with Crippen molar-refractivity contribution in [1.82, 2.24) is 0 Å². The first kappa shape index (κ1) is 40.0. The standard InChI is InChI=1S/C56H57BN2S2/c1-32-25-38(55(8,9)10)26-33(2)50(32)58-44-18-16-19-45-49(44)57(43-23-21-36(29-46(43)58)42-31-60-47-20-15-14-17-40(42)47)53-52(41-30-37(54(5,6)7)22-24-48(41)61-53)59(45)51-34(3)27-39(28-35(51)4)56(11,12)13/h14-31H,1-13H3. The molecule has 0 fully saturated rings. The average Bonchev–Trinajstić information content (AvgIpc) is 3.79. The summed E-state index contributed by atoms with van der Waals surface area (Å²) in [5.74, 6) is 0. The predicted molar refractivity (Wildman–Crippen MR) is 272 cm³/mol. The summed E-state index contributed by atoms with van der Waals surface area (Å²) in [5, 5.41) is 5.01. The van der Waals surface area contributed by atoms with Crippen molar-refractivity contribution in [2.75, 3.05) is 9.80 Å². The second kappa shape index (κ2) is 13.7. The van der Waals surface area contributed by atoms with Crippen molar-refractivity contribution in [2.24, 2.45) is 0 Å². The number of hydrogen-bond donors (Lipinski definition) is 0. The Kier molecular flexibility index (Phi) is 8.99. The molecule has 4 heterocycles. The zero-order valence-electron chi connectivity index (χ0n) is 38.2. The molecule has 0 N–H and O–H groups in total. The van der Waals surface area contributed by atoms with Crippen LogP contribution in [0, 0.1) is 27.7 Å². The fourth-order valence-electron chi connectivity index (χ4n) is 10.2. The van der Waals surface area contributed by atoms with Crippen molar-refractivity contribution < 1.29 is 0 Å². The molecule has 0 unspecified atom stereocenters. The Bertz CT molecular complexity index is 3060. The topological polar surface area (TPSA) is 6.48 Å². The quantitative estimate of drug-likeness (QED) is 0.164. The van der Waals surface area contributed by atoms with Gasteiger partial charge in [0, 0.05) is 47.6 Å². The minimum absolute atomic E-state index is 0.0200. The van der Waals surface area contributed by atoms with E-state index < -0.39 is 0 Å². The molecule has 61 heavy (non-hydrogen) atoms. The fourth-order valence-corrected chi connectivity index (χ4v) is 12.5. The molecule has 2 aliphatic heterocycles. The summed E-state index contributed by atoms with van der Waals surface area (Å²) < 4.78 is 4.09. The third kappa shape index (κ3) is 6.24. The number of anilines is 6. The molecule has 0 atom stereocenters. The highest BCUT2D eigenvalue weighted by Crippen LogP contribution is 2.51. The molecular formula is C56H57BN2S2. The highest BCUT2D eigenvalue weighted by molar-refractivity contribution is 7.33. The van der Waals surface area contributed by atoms with Gasteiger partial charge in [-0.25, -0.2) is 0 Å². The summed E-state index contributed by atoms with van der Waals surface area (Å²) in [5.41, 5.74) is 22.5. The lowest BCUT2D eigenvalue weighted by molar-refractivity contribution is 0.589. The fraction of sp³-hybridized carbons (Fsp3) is 0.286. The van der Waals surface area contributed by atoms with Gasteiger partial charge in [0.15, 0.2) is 0 Å². The molecule has 0 saturated heterocycles. The molecule has 2 nitrogen and oxygen atoms in total. The van der Waals surface area contributed by atoms with E-state index in [4.69, 9.17) is 0 Å². The second-order valence-electron chi connectivity index (χ2n) is 20.9. The first-order valence-corrected chi connectivity index (χ1v) is 23.6. The molecule has 306 valence electrons. The van der Waals surface area contributed by atoms with E-state index in [1.807, 2.05) is 22.7 Å². The van der Waals surface area contributed by atoms with E-state index in [1.54, 1.807) is 0 Å². The lowest BCUT2D eigenvalue weighted by Gasteiger charge is -2.44. The Hall–Kier alpha value is -5.10. The number of nitrogens with zero attached hydrogens (tertiary/aromatic N) is 2. The molecule has 2 aromatic heterocycles. The van der Waals surface area contributed by atoms with E-state index in [1.165, 1.54) is 120 Å². The normalized spacial score (nSPS) is 13.9. The Morgan fingerprint density at radius 3 is 1.66 bits per heavy atom. The molecule has 0 aliphatic carbocycles. The molecular weight excluding hydrogens is 776 g/mol. The monoisotopic (exact) mass is 832 g/mol. The maximum Gasteiger partial charge on any atom is 0.264 e. The molecule has 10 rings (SSSR count). The zero-order chi connectivity index (χ0) is 43.1. The molecule has 8 aromatic rings. The third-order valence-corrected chi connectivity index (χ3v) is 15.6. The van der Waals surface area contributed by atoms with Gasteiger partial charge in [-0.15, -0.1) is 22.7 Å². The van der Waals surface area contributed by atoms with E-state index >= 15 is 0 Å². The van der Waals surface area contributed by atoms with Crippen LogP contribution in [0.15, 0.2) is 109 Å². The van der Waals surface area contributed by atoms with Gasteiger partial charge in [-0.1, -0.05) is 129 Å². The average molecular weight is 833 g/mol. The molecule has 0 spiro atoms. The molecule has 0 radical (unpaired) electrons. The molecule has 0 saturated carbocycles.